The lowest BCUT2D eigenvalue weighted by Gasteiger charge is -2.33. The number of nitrogens with zero attached hydrogens (tertiary/aromatic N) is 1. The molecule has 1 atom stereocenters. The zero-order chi connectivity index (χ0) is 18.4. The Kier molecular flexibility index (Phi) is 6.30. The average Bonchev–Trinajstić information content (AvgIpc) is 3.15. The molecule has 1 saturated heterocycles. The molecular formula is C20H26N2O4. The molecule has 3 rings (SSSR count). The Morgan fingerprint density at radius 2 is 1.96 bits per heavy atom. The van der Waals surface area contributed by atoms with Gasteiger partial charge in [0.15, 0.2) is 6.61 Å². The van der Waals surface area contributed by atoms with E-state index < -0.39 is 0 Å². The molecule has 2 heterocycles. The maximum Gasteiger partial charge on any atom is 0.258 e. The molecule has 1 aromatic heterocycles. The van der Waals surface area contributed by atoms with Crippen LogP contribution in [0.15, 0.2) is 41.0 Å². The summed E-state index contributed by atoms with van der Waals surface area (Å²) in [6.07, 6.45) is 1.66. The number of aryl methyl sites for hydroxylation is 2. The van der Waals surface area contributed by atoms with Crippen molar-refractivity contribution in [3.8, 4) is 5.75 Å². The zero-order valence-corrected chi connectivity index (χ0v) is 15.4. The van der Waals surface area contributed by atoms with E-state index in [0.717, 1.165) is 30.0 Å². The van der Waals surface area contributed by atoms with Gasteiger partial charge in [-0.1, -0.05) is 6.07 Å². The summed E-state index contributed by atoms with van der Waals surface area (Å²) >= 11 is 0. The number of carbonyl (C=O) groups excluding carboxylic acids is 1. The normalized spacial score (nSPS) is 16.2. The number of carbonyl (C=O) groups is 1. The summed E-state index contributed by atoms with van der Waals surface area (Å²) in [5.41, 5.74) is 2.23. The Hall–Kier alpha value is -2.31. The van der Waals surface area contributed by atoms with E-state index in [0.29, 0.717) is 25.5 Å². The summed E-state index contributed by atoms with van der Waals surface area (Å²) in [5.74, 6) is 1.42. The van der Waals surface area contributed by atoms with Gasteiger partial charge >= 0.3 is 0 Å². The van der Waals surface area contributed by atoms with Gasteiger partial charge in [0.2, 0.25) is 0 Å². The Morgan fingerprint density at radius 1 is 1.23 bits per heavy atom. The summed E-state index contributed by atoms with van der Waals surface area (Å²) in [6.45, 7) is 7.52. The lowest BCUT2D eigenvalue weighted by Crippen LogP contribution is -2.44. The standard InChI is InChI=1S/C20H26N2O4/c1-15-10-16(2)12-17(11-15)26-14-20(23)21-13-18(19-4-3-7-25-19)22-5-8-24-9-6-22/h3-4,7,10-12,18H,5-6,8-9,13-14H2,1-2H3,(H,21,23)/t18-/m0/s1. The van der Waals surface area contributed by atoms with Crippen LogP contribution in [0.25, 0.3) is 0 Å². The first kappa shape index (κ1) is 18.5. The molecule has 1 N–H and O–H groups in total. The highest BCUT2D eigenvalue weighted by Crippen LogP contribution is 2.21. The van der Waals surface area contributed by atoms with E-state index in [-0.39, 0.29) is 18.6 Å². The van der Waals surface area contributed by atoms with Crippen molar-refractivity contribution >= 4 is 5.91 Å². The number of hydrogen-bond acceptors (Lipinski definition) is 5. The number of rotatable bonds is 7. The molecule has 0 bridgehead atoms. The number of amides is 1. The van der Waals surface area contributed by atoms with Crippen LogP contribution in [-0.4, -0.2) is 50.3 Å². The Balaban J connectivity index is 1.53. The number of ether oxygens (including phenoxy) is 2. The first-order valence-corrected chi connectivity index (χ1v) is 8.95. The molecule has 1 aromatic carbocycles. The van der Waals surface area contributed by atoms with Gasteiger partial charge in [-0.05, 0) is 49.2 Å². The van der Waals surface area contributed by atoms with Crippen molar-refractivity contribution in [1.29, 1.82) is 0 Å². The van der Waals surface area contributed by atoms with Crippen molar-refractivity contribution in [1.82, 2.24) is 10.2 Å². The van der Waals surface area contributed by atoms with Crippen LogP contribution in [0.3, 0.4) is 0 Å². The Labute approximate surface area is 154 Å². The third kappa shape index (κ3) is 5.09. The Bertz CT molecular complexity index is 688. The van der Waals surface area contributed by atoms with Crippen LogP contribution in [0.5, 0.6) is 5.75 Å². The molecule has 1 aliphatic rings. The largest absolute Gasteiger partial charge is 0.484 e. The maximum absolute atomic E-state index is 12.2. The van der Waals surface area contributed by atoms with Crippen LogP contribution in [0.1, 0.15) is 22.9 Å². The van der Waals surface area contributed by atoms with Crippen LogP contribution in [0, 0.1) is 13.8 Å². The number of benzene rings is 1. The second-order valence-electron chi connectivity index (χ2n) is 6.60. The molecule has 0 radical (unpaired) electrons. The van der Waals surface area contributed by atoms with Crippen LogP contribution in [0.4, 0.5) is 0 Å². The van der Waals surface area contributed by atoms with E-state index >= 15 is 0 Å². The van der Waals surface area contributed by atoms with E-state index in [1.54, 1.807) is 6.26 Å². The second kappa shape index (κ2) is 8.87. The summed E-state index contributed by atoms with van der Waals surface area (Å²) in [5, 5.41) is 2.96. The number of nitrogens with one attached hydrogen (secondary N) is 1. The second-order valence-corrected chi connectivity index (χ2v) is 6.60. The SMILES string of the molecule is Cc1cc(C)cc(OCC(=O)NC[C@@H](c2ccco2)N2CCOCC2)c1. The molecule has 140 valence electrons. The highest BCUT2D eigenvalue weighted by atomic mass is 16.5. The highest BCUT2D eigenvalue weighted by molar-refractivity contribution is 5.77. The van der Waals surface area contributed by atoms with E-state index in [2.05, 4.69) is 16.3 Å². The summed E-state index contributed by atoms with van der Waals surface area (Å²) in [6, 6.07) is 9.74. The molecule has 1 fully saturated rings. The van der Waals surface area contributed by atoms with Gasteiger partial charge in [0.05, 0.1) is 25.5 Å². The van der Waals surface area contributed by atoms with Gasteiger partial charge in [-0.3, -0.25) is 9.69 Å². The van der Waals surface area contributed by atoms with Crippen molar-refractivity contribution in [3.05, 3.63) is 53.5 Å². The Morgan fingerprint density at radius 3 is 2.62 bits per heavy atom. The summed E-state index contributed by atoms with van der Waals surface area (Å²) in [7, 11) is 0. The lowest BCUT2D eigenvalue weighted by molar-refractivity contribution is -0.123. The molecular weight excluding hydrogens is 332 g/mol. The monoisotopic (exact) mass is 358 g/mol. The van der Waals surface area contributed by atoms with E-state index in [4.69, 9.17) is 13.9 Å². The number of hydrogen-bond donors (Lipinski definition) is 1. The van der Waals surface area contributed by atoms with Crippen molar-refractivity contribution in [2.24, 2.45) is 0 Å². The van der Waals surface area contributed by atoms with Crippen LogP contribution < -0.4 is 10.1 Å². The highest BCUT2D eigenvalue weighted by Gasteiger charge is 2.25. The first-order valence-electron chi connectivity index (χ1n) is 8.95. The molecule has 1 amide bonds. The van der Waals surface area contributed by atoms with Gasteiger partial charge in [0, 0.05) is 19.6 Å². The zero-order valence-electron chi connectivity index (χ0n) is 15.4. The lowest BCUT2D eigenvalue weighted by atomic mass is 10.1. The molecule has 1 aliphatic heterocycles. The van der Waals surface area contributed by atoms with E-state index in [1.807, 2.05) is 38.1 Å². The van der Waals surface area contributed by atoms with E-state index in [9.17, 15) is 4.79 Å². The molecule has 2 aromatic rings. The molecule has 0 spiro atoms. The fourth-order valence-corrected chi connectivity index (χ4v) is 3.21. The molecule has 0 saturated carbocycles. The van der Waals surface area contributed by atoms with E-state index in [1.165, 1.54) is 0 Å². The maximum atomic E-state index is 12.2. The molecule has 0 aliphatic carbocycles. The molecule has 26 heavy (non-hydrogen) atoms. The van der Waals surface area contributed by atoms with Gasteiger partial charge in [0.1, 0.15) is 11.5 Å². The van der Waals surface area contributed by atoms with Crippen LogP contribution in [-0.2, 0) is 9.53 Å². The van der Waals surface area contributed by atoms with Gasteiger partial charge in [-0.2, -0.15) is 0 Å². The minimum atomic E-state index is -0.144. The predicted octanol–water partition coefficient (Wildman–Crippen LogP) is 2.46. The first-order chi connectivity index (χ1) is 12.6. The summed E-state index contributed by atoms with van der Waals surface area (Å²) < 4.78 is 16.6. The summed E-state index contributed by atoms with van der Waals surface area (Å²) in [4.78, 5) is 14.5. The number of morpholine rings is 1. The molecule has 6 nitrogen and oxygen atoms in total. The molecule has 6 heteroatoms. The van der Waals surface area contributed by atoms with Crippen molar-refractivity contribution in [2.75, 3.05) is 39.5 Å². The fourth-order valence-electron chi connectivity index (χ4n) is 3.21. The minimum Gasteiger partial charge on any atom is -0.484 e. The topological polar surface area (TPSA) is 63.9 Å². The van der Waals surface area contributed by atoms with Crippen LogP contribution >= 0.6 is 0 Å². The van der Waals surface area contributed by atoms with Crippen molar-refractivity contribution < 1.29 is 18.7 Å². The quantitative estimate of drug-likeness (QED) is 0.824. The van der Waals surface area contributed by atoms with Gasteiger partial charge < -0.3 is 19.2 Å². The fraction of sp³-hybridized carbons (Fsp3) is 0.450. The average molecular weight is 358 g/mol. The molecule has 0 unspecified atom stereocenters. The van der Waals surface area contributed by atoms with Gasteiger partial charge in [0.25, 0.3) is 5.91 Å². The van der Waals surface area contributed by atoms with Gasteiger partial charge in [-0.15, -0.1) is 0 Å². The third-order valence-electron chi connectivity index (χ3n) is 4.42. The van der Waals surface area contributed by atoms with Gasteiger partial charge in [-0.25, -0.2) is 0 Å². The number of furan rings is 1. The van der Waals surface area contributed by atoms with Crippen molar-refractivity contribution in [3.63, 3.8) is 0 Å². The predicted molar refractivity (Wildman–Crippen MR) is 98.3 cm³/mol. The van der Waals surface area contributed by atoms with Crippen molar-refractivity contribution in [2.45, 2.75) is 19.9 Å². The smallest absolute Gasteiger partial charge is 0.258 e. The van der Waals surface area contributed by atoms with Crippen LogP contribution in [0.2, 0.25) is 0 Å². The third-order valence-corrected chi connectivity index (χ3v) is 4.42. The minimum absolute atomic E-state index is 0.000867.